The zero-order chi connectivity index (χ0) is 15.1. The number of methoxy groups -OCH3 is 1. The molecular formula is C15H16FNO4. The van der Waals surface area contributed by atoms with Gasteiger partial charge in [-0.2, -0.15) is 0 Å². The van der Waals surface area contributed by atoms with Gasteiger partial charge in [-0.25, -0.2) is 4.39 Å². The maximum Gasteiger partial charge on any atom is 0.258 e. The summed E-state index contributed by atoms with van der Waals surface area (Å²) in [6.07, 6.45) is 1.15. The van der Waals surface area contributed by atoms with E-state index in [4.69, 9.17) is 13.9 Å². The van der Waals surface area contributed by atoms with Gasteiger partial charge in [0, 0.05) is 7.11 Å². The van der Waals surface area contributed by atoms with E-state index in [1.807, 2.05) is 0 Å². The Bertz CT molecular complexity index is 571. The SMILES string of the molecule is CO[C@@H](CNC(=O)COc1ccccc1F)c1ccco1. The molecule has 2 rings (SSSR count). The van der Waals surface area contributed by atoms with Gasteiger partial charge < -0.3 is 19.2 Å². The minimum Gasteiger partial charge on any atom is -0.481 e. The van der Waals surface area contributed by atoms with Crippen LogP contribution in [0.4, 0.5) is 4.39 Å². The van der Waals surface area contributed by atoms with Gasteiger partial charge >= 0.3 is 0 Å². The second kappa shape index (κ2) is 7.44. The highest BCUT2D eigenvalue weighted by atomic mass is 19.1. The first-order valence-corrected chi connectivity index (χ1v) is 6.41. The molecule has 0 aliphatic rings. The molecule has 0 fully saturated rings. The van der Waals surface area contributed by atoms with Crippen molar-refractivity contribution in [3.8, 4) is 5.75 Å². The summed E-state index contributed by atoms with van der Waals surface area (Å²) >= 11 is 0. The number of ether oxygens (including phenoxy) is 2. The van der Waals surface area contributed by atoms with E-state index in [9.17, 15) is 9.18 Å². The molecule has 1 aromatic carbocycles. The third kappa shape index (κ3) is 4.32. The average Bonchev–Trinajstić information content (AvgIpc) is 3.01. The predicted molar refractivity (Wildman–Crippen MR) is 73.4 cm³/mol. The van der Waals surface area contributed by atoms with Crippen LogP contribution in [0.25, 0.3) is 0 Å². The fraction of sp³-hybridized carbons (Fsp3) is 0.267. The van der Waals surface area contributed by atoms with Crippen LogP contribution < -0.4 is 10.1 Å². The van der Waals surface area contributed by atoms with Gasteiger partial charge in [0.25, 0.3) is 5.91 Å². The maximum absolute atomic E-state index is 13.3. The summed E-state index contributed by atoms with van der Waals surface area (Å²) < 4.78 is 28.8. The minimum absolute atomic E-state index is 0.0435. The topological polar surface area (TPSA) is 60.7 Å². The van der Waals surface area contributed by atoms with E-state index in [1.165, 1.54) is 25.5 Å². The largest absolute Gasteiger partial charge is 0.481 e. The average molecular weight is 293 g/mol. The van der Waals surface area contributed by atoms with Crippen molar-refractivity contribution in [2.45, 2.75) is 6.10 Å². The van der Waals surface area contributed by atoms with Gasteiger partial charge in [-0.3, -0.25) is 4.79 Å². The summed E-state index contributed by atoms with van der Waals surface area (Å²) in [4.78, 5) is 11.7. The lowest BCUT2D eigenvalue weighted by Gasteiger charge is -2.14. The summed E-state index contributed by atoms with van der Waals surface area (Å²) in [5.41, 5.74) is 0. The molecule has 21 heavy (non-hydrogen) atoms. The standard InChI is InChI=1S/C15H16FNO4/c1-19-14(13-7-4-8-20-13)9-17-15(18)10-21-12-6-3-2-5-11(12)16/h2-8,14H,9-10H2,1H3,(H,17,18)/t14-/m0/s1. The molecule has 5 nitrogen and oxygen atoms in total. The quantitative estimate of drug-likeness (QED) is 0.851. The van der Waals surface area contributed by atoms with Crippen LogP contribution in [0.5, 0.6) is 5.75 Å². The number of hydrogen-bond donors (Lipinski definition) is 1. The summed E-state index contributed by atoms with van der Waals surface area (Å²) in [5.74, 6) is -0.211. The summed E-state index contributed by atoms with van der Waals surface area (Å²) in [5, 5.41) is 2.64. The highest BCUT2D eigenvalue weighted by Crippen LogP contribution is 2.16. The van der Waals surface area contributed by atoms with Gasteiger partial charge in [-0.15, -0.1) is 0 Å². The number of rotatable bonds is 7. The van der Waals surface area contributed by atoms with Gasteiger partial charge in [-0.05, 0) is 24.3 Å². The van der Waals surface area contributed by atoms with E-state index >= 15 is 0 Å². The van der Waals surface area contributed by atoms with E-state index in [0.29, 0.717) is 5.76 Å². The molecule has 2 aromatic rings. The molecule has 6 heteroatoms. The van der Waals surface area contributed by atoms with Crippen molar-refractivity contribution >= 4 is 5.91 Å². The Labute approximate surface area is 121 Å². The molecule has 1 atom stereocenters. The fourth-order valence-corrected chi connectivity index (χ4v) is 1.74. The number of benzene rings is 1. The highest BCUT2D eigenvalue weighted by molar-refractivity contribution is 5.77. The number of amides is 1. The molecule has 0 aliphatic carbocycles. The first kappa shape index (κ1) is 15.1. The molecule has 1 amide bonds. The van der Waals surface area contributed by atoms with Crippen LogP contribution in [0.2, 0.25) is 0 Å². The lowest BCUT2D eigenvalue weighted by atomic mass is 10.2. The Morgan fingerprint density at radius 3 is 2.81 bits per heavy atom. The van der Waals surface area contributed by atoms with Crippen molar-refractivity contribution in [3.05, 3.63) is 54.2 Å². The van der Waals surface area contributed by atoms with E-state index in [2.05, 4.69) is 5.32 Å². The molecule has 0 saturated carbocycles. The predicted octanol–water partition coefficient (Wildman–Crippen LogP) is 2.30. The first-order chi connectivity index (χ1) is 10.2. The zero-order valence-corrected chi connectivity index (χ0v) is 11.5. The van der Waals surface area contributed by atoms with E-state index in [1.54, 1.807) is 24.3 Å². The Morgan fingerprint density at radius 2 is 2.14 bits per heavy atom. The Kier molecular flexibility index (Phi) is 5.34. The molecule has 0 bridgehead atoms. The molecule has 1 N–H and O–H groups in total. The number of hydrogen-bond acceptors (Lipinski definition) is 4. The van der Waals surface area contributed by atoms with Crippen LogP contribution in [-0.4, -0.2) is 26.2 Å². The Balaban J connectivity index is 1.78. The van der Waals surface area contributed by atoms with Crippen LogP contribution in [0.3, 0.4) is 0 Å². The molecule has 0 radical (unpaired) electrons. The summed E-state index contributed by atoms with van der Waals surface area (Å²) in [7, 11) is 1.52. The van der Waals surface area contributed by atoms with Gasteiger partial charge in [0.05, 0.1) is 12.8 Å². The fourth-order valence-electron chi connectivity index (χ4n) is 1.74. The Hall–Kier alpha value is -2.34. The minimum atomic E-state index is -0.504. The van der Waals surface area contributed by atoms with Gasteiger partial charge in [0.1, 0.15) is 11.9 Å². The number of nitrogens with one attached hydrogen (secondary N) is 1. The molecule has 0 spiro atoms. The monoisotopic (exact) mass is 293 g/mol. The van der Waals surface area contributed by atoms with Crippen LogP contribution in [0, 0.1) is 5.82 Å². The molecule has 112 valence electrons. The lowest BCUT2D eigenvalue weighted by Crippen LogP contribution is -2.33. The number of furan rings is 1. The van der Waals surface area contributed by atoms with Crippen molar-refractivity contribution in [1.82, 2.24) is 5.32 Å². The van der Waals surface area contributed by atoms with Crippen LogP contribution in [-0.2, 0) is 9.53 Å². The van der Waals surface area contributed by atoms with E-state index < -0.39 is 5.82 Å². The van der Waals surface area contributed by atoms with Gasteiger partial charge in [-0.1, -0.05) is 12.1 Å². The number of halogens is 1. The van der Waals surface area contributed by atoms with Crippen molar-refractivity contribution in [3.63, 3.8) is 0 Å². The second-order valence-corrected chi connectivity index (χ2v) is 4.26. The smallest absolute Gasteiger partial charge is 0.258 e. The summed E-state index contributed by atoms with van der Waals surface area (Å²) in [6, 6.07) is 9.41. The van der Waals surface area contributed by atoms with Gasteiger partial charge in [0.2, 0.25) is 0 Å². The normalized spacial score (nSPS) is 11.9. The molecular weight excluding hydrogens is 277 g/mol. The van der Waals surface area contributed by atoms with E-state index in [-0.39, 0.29) is 30.9 Å². The van der Waals surface area contributed by atoms with Crippen molar-refractivity contribution in [1.29, 1.82) is 0 Å². The third-order valence-corrected chi connectivity index (χ3v) is 2.83. The van der Waals surface area contributed by atoms with Crippen LogP contribution in [0.1, 0.15) is 11.9 Å². The molecule has 1 heterocycles. The molecule has 0 aliphatic heterocycles. The van der Waals surface area contributed by atoms with Crippen molar-refractivity contribution in [2.75, 3.05) is 20.3 Å². The summed E-state index contributed by atoms with van der Waals surface area (Å²) in [6.45, 7) is -0.0288. The molecule has 0 saturated heterocycles. The van der Waals surface area contributed by atoms with Crippen LogP contribution in [0.15, 0.2) is 47.1 Å². The number of para-hydroxylation sites is 1. The lowest BCUT2D eigenvalue weighted by molar-refractivity contribution is -0.123. The zero-order valence-electron chi connectivity index (χ0n) is 11.5. The third-order valence-electron chi connectivity index (χ3n) is 2.83. The van der Waals surface area contributed by atoms with E-state index in [0.717, 1.165) is 0 Å². The van der Waals surface area contributed by atoms with Crippen molar-refractivity contribution in [2.24, 2.45) is 0 Å². The molecule has 0 unspecified atom stereocenters. The Morgan fingerprint density at radius 1 is 1.33 bits per heavy atom. The van der Waals surface area contributed by atoms with Crippen LogP contribution >= 0.6 is 0 Å². The first-order valence-electron chi connectivity index (χ1n) is 6.41. The maximum atomic E-state index is 13.3. The number of carbonyl (C=O) groups excluding carboxylic acids is 1. The highest BCUT2D eigenvalue weighted by Gasteiger charge is 2.15. The molecule has 1 aromatic heterocycles. The van der Waals surface area contributed by atoms with Crippen molar-refractivity contribution < 1.29 is 23.1 Å². The second-order valence-electron chi connectivity index (χ2n) is 4.26. The number of carbonyl (C=O) groups is 1. The van der Waals surface area contributed by atoms with Gasteiger partial charge in [0.15, 0.2) is 18.2 Å².